The molecule has 0 bridgehead atoms. The summed E-state index contributed by atoms with van der Waals surface area (Å²) in [6.45, 7) is 2.92. The van der Waals surface area contributed by atoms with Gasteiger partial charge in [-0.15, -0.1) is 12.4 Å². The van der Waals surface area contributed by atoms with Gasteiger partial charge in [-0.2, -0.15) is 0 Å². The quantitative estimate of drug-likeness (QED) is 0.526. The summed E-state index contributed by atoms with van der Waals surface area (Å²) in [5.41, 5.74) is -0.903. The third-order valence-corrected chi connectivity index (χ3v) is 0.387. The van der Waals surface area contributed by atoms with Crippen molar-refractivity contribution < 1.29 is 10.2 Å². The molecule has 0 atom stereocenters. The summed E-state index contributed by atoms with van der Waals surface area (Å²) in [5.74, 6) is 0. The first-order valence-corrected chi connectivity index (χ1v) is 1.89. The van der Waals surface area contributed by atoms with Gasteiger partial charge in [0.25, 0.3) is 0 Å². The standard InChI is InChI=1S/C4H10O2.ClH/c1-4(2,6)3-5;/h5-6H,3H2,1-2H3;1H. The van der Waals surface area contributed by atoms with Crippen LogP contribution in [0, 0.1) is 0 Å². The van der Waals surface area contributed by atoms with Crippen LogP contribution in [0.4, 0.5) is 0 Å². The van der Waals surface area contributed by atoms with E-state index in [-0.39, 0.29) is 19.0 Å². The van der Waals surface area contributed by atoms with Gasteiger partial charge in [-0.3, -0.25) is 0 Å². The van der Waals surface area contributed by atoms with Gasteiger partial charge in [0.1, 0.15) is 0 Å². The summed E-state index contributed by atoms with van der Waals surface area (Å²) in [4.78, 5) is 0. The van der Waals surface area contributed by atoms with Crippen molar-refractivity contribution in [1.29, 1.82) is 0 Å². The SMILES string of the molecule is CC(C)(O)CO.Cl. The lowest BCUT2D eigenvalue weighted by Gasteiger charge is -2.10. The van der Waals surface area contributed by atoms with E-state index in [1.165, 1.54) is 0 Å². The van der Waals surface area contributed by atoms with Gasteiger partial charge in [-0.25, -0.2) is 0 Å². The molecule has 0 rings (SSSR count). The molecular formula is C4H11ClO2. The van der Waals surface area contributed by atoms with Gasteiger partial charge < -0.3 is 10.2 Å². The summed E-state index contributed by atoms with van der Waals surface area (Å²) in [5, 5.41) is 16.7. The second-order valence-electron chi connectivity index (χ2n) is 1.97. The van der Waals surface area contributed by atoms with E-state index < -0.39 is 5.60 Å². The first kappa shape index (κ1) is 10.2. The molecule has 0 aliphatic carbocycles. The molecule has 0 spiro atoms. The molecule has 0 aliphatic heterocycles. The Morgan fingerprint density at radius 1 is 1.43 bits per heavy atom. The third kappa shape index (κ3) is 10.7. The summed E-state index contributed by atoms with van der Waals surface area (Å²) in [6.07, 6.45) is 0. The zero-order valence-electron chi connectivity index (χ0n) is 4.51. The summed E-state index contributed by atoms with van der Waals surface area (Å²) in [7, 11) is 0. The van der Waals surface area contributed by atoms with Crippen LogP contribution in [0.2, 0.25) is 0 Å². The molecule has 0 aromatic carbocycles. The largest absolute Gasteiger partial charge is 0.393 e. The van der Waals surface area contributed by atoms with E-state index in [2.05, 4.69) is 0 Å². The van der Waals surface area contributed by atoms with Crippen LogP contribution < -0.4 is 0 Å². The van der Waals surface area contributed by atoms with Gasteiger partial charge in [-0.05, 0) is 13.8 Å². The predicted molar refractivity (Wildman–Crippen MR) is 30.6 cm³/mol. The highest BCUT2D eigenvalue weighted by atomic mass is 35.5. The van der Waals surface area contributed by atoms with Gasteiger partial charge >= 0.3 is 0 Å². The zero-order chi connectivity index (χ0) is 5.21. The molecule has 0 fully saturated rings. The second kappa shape index (κ2) is 3.24. The van der Waals surface area contributed by atoms with E-state index in [4.69, 9.17) is 10.2 Å². The molecule has 7 heavy (non-hydrogen) atoms. The smallest absolute Gasteiger partial charge is 0.0821 e. The van der Waals surface area contributed by atoms with Crippen molar-refractivity contribution in [2.45, 2.75) is 19.4 Å². The second-order valence-corrected chi connectivity index (χ2v) is 1.97. The predicted octanol–water partition coefficient (Wildman–Crippen LogP) is 0.171. The maximum Gasteiger partial charge on any atom is 0.0821 e. The minimum absolute atomic E-state index is 0. The molecule has 2 N–H and O–H groups in total. The monoisotopic (exact) mass is 126 g/mol. The van der Waals surface area contributed by atoms with Crippen molar-refractivity contribution >= 4 is 12.4 Å². The Bertz CT molecular complexity index is 39.4. The Morgan fingerprint density at radius 2 is 1.57 bits per heavy atom. The summed E-state index contributed by atoms with van der Waals surface area (Å²) >= 11 is 0. The van der Waals surface area contributed by atoms with Crippen molar-refractivity contribution in [3.05, 3.63) is 0 Å². The van der Waals surface area contributed by atoms with Gasteiger partial charge in [0.2, 0.25) is 0 Å². The minimum Gasteiger partial charge on any atom is -0.393 e. The molecule has 0 aliphatic rings. The van der Waals surface area contributed by atoms with Crippen molar-refractivity contribution in [2.75, 3.05) is 6.61 Å². The Morgan fingerprint density at radius 3 is 1.57 bits per heavy atom. The van der Waals surface area contributed by atoms with E-state index in [9.17, 15) is 0 Å². The van der Waals surface area contributed by atoms with Gasteiger partial charge in [0.15, 0.2) is 0 Å². The van der Waals surface area contributed by atoms with E-state index >= 15 is 0 Å². The Balaban J connectivity index is 0. The number of hydrogen-bond acceptors (Lipinski definition) is 2. The number of aliphatic hydroxyl groups excluding tert-OH is 1. The molecule has 0 aromatic heterocycles. The summed E-state index contributed by atoms with van der Waals surface area (Å²) < 4.78 is 0. The molecule has 0 heterocycles. The topological polar surface area (TPSA) is 40.5 Å². The molecule has 2 nitrogen and oxygen atoms in total. The molecular weight excluding hydrogens is 115 g/mol. The van der Waals surface area contributed by atoms with Crippen LogP contribution in [0.1, 0.15) is 13.8 Å². The highest BCUT2D eigenvalue weighted by molar-refractivity contribution is 5.85. The molecule has 0 amide bonds. The number of halogens is 1. The first-order chi connectivity index (χ1) is 2.56. The lowest BCUT2D eigenvalue weighted by molar-refractivity contribution is 0.0183. The van der Waals surface area contributed by atoms with Crippen LogP contribution in [0.15, 0.2) is 0 Å². The number of rotatable bonds is 1. The maximum absolute atomic E-state index is 8.58. The van der Waals surface area contributed by atoms with E-state index in [0.717, 1.165) is 0 Å². The lowest BCUT2D eigenvalue weighted by Crippen LogP contribution is -2.23. The van der Waals surface area contributed by atoms with Crippen molar-refractivity contribution in [1.82, 2.24) is 0 Å². The average Bonchev–Trinajstić information content (AvgIpc) is 1.35. The number of hydrogen-bond donors (Lipinski definition) is 2. The Kier molecular flexibility index (Phi) is 4.75. The normalized spacial score (nSPS) is 10.3. The molecule has 0 radical (unpaired) electrons. The van der Waals surface area contributed by atoms with Crippen LogP contribution in [0.5, 0.6) is 0 Å². The van der Waals surface area contributed by atoms with Crippen LogP contribution in [0.25, 0.3) is 0 Å². The highest BCUT2D eigenvalue weighted by Gasteiger charge is 2.07. The van der Waals surface area contributed by atoms with Gasteiger partial charge in [0.05, 0.1) is 12.2 Å². The van der Waals surface area contributed by atoms with E-state index in [1.807, 2.05) is 0 Å². The van der Waals surface area contributed by atoms with Gasteiger partial charge in [0, 0.05) is 0 Å². The van der Waals surface area contributed by atoms with E-state index in [0.29, 0.717) is 0 Å². The first-order valence-electron chi connectivity index (χ1n) is 1.89. The molecule has 0 saturated carbocycles. The average molecular weight is 127 g/mol. The molecule has 3 heteroatoms. The maximum atomic E-state index is 8.58. The Labute approximate surface area is 49.6 Å². The van der Waals surface area contributed by atoms with Crippen molar-refractivity contribution in [3.8, 4) is 0 Å². The lowest BCUT2D eigenvalue weighted by atomic mass is 10.2. The Hall–Kier alpha value is 0.210. The van der Waals surface area contributed by atoms with Crippen LogP contribution in [-0.2, 0) is 0 Å². The highest BCUT2D eigenvalue weighted by Crippen LogP contribution is 1.95. The fourth-order valence-electron chi connectivity index (χ4n) is 0. The fraction of sp³-hybridized carbons (Fsp3) is 1.00. The van der Waals surface area contributed by atoms with Crippen molar-refractivity contribution in [2.24, 2.45) is 0 Å². The molecule has 0 saturated heterocycles. The number of aliphatic hydroxyl groups is 2. The van der Waals surface area contributed by atoms with Crippen LogP contribution in [-0.4, -0.2) is 22.4 Å². The zero-order valence-corrected chi connectivity index (χ0v) is 5.33. The summed E-state index contributed by atoms with van der Waals surface area (Å²) in [6, 6.07) is 0. The molecule has 0 aromatic rings. The van der Waals surface area contributed by atoms with Gasteiger partial charge in [-0.1, -0.05) is 0 Å². The minimum atomic E-state index is -0.903. The van der Waals surface area contributed by atoms with Crippen molar-refractivity contribution in [3.63, 3.8) is 0 Å². The molecule has 46 valence electrons. The van der Waals surface area contributed by atoms with Crippen LogP contribution in [0.3, 0.4) is 0 Å². The third-order valence-electron chi connectivity index (χ3n) is 0.387. The van der Waals surface area contributed by atoms with E-state index in [1.54, 1.807) is 13.8 Å². The molecule has 0 unspecified atom stereocenters. The fourth-order valence-corrected chi connectivity index (χ4v) is 0. The van der Waals surface area contributed by atoms with Crippen LogP contribution >= 0.6 is 12.4 Å².